The average Bonchev–Trinajstić information content (AvgIpc) is 2.83. The van der Waals surface area contributed by atoms with E-state index in [1.807, 2.05) is 7.05 Å². The molecule has 2 heterocycles. The molecule has 1 saturated heterocycles. The van der Waals surface area contributed by atoms with Crippen molar-refractivity contribution in [3.63, 3.8) is 0 Å². The molecule has 0 saturated carbocycles. The number of aliphatic hydroxyl groups is 1. The zero-order valence-electron chi connectivity index (χ0n) is 11.6. The average molecular weight is 301 g/mol. The third-order valence-electron chi connectivity index (χ3n) is 3.58. The Labute approximate surface area is 123 Å². The Hall–Kier alpha value is -1.11. The summed E-state index contributed by atoms with van der Waals surface area (Å²) in [6, 6.07) is 0. The number of halogens is 1. The Bertz CT molecular complexity index is 451. The van der Waals surface area contributed by atoms with Gasteiger partial charge in [-0.15, -0.1) is 0 Å². The third-order valence-corrected chi connectivity index (χ3v) is 3.78. The first-order valence-corrected chi connectivity index (χ1v) is 7.26. The normalized spacial score (nSPS) is 23.8. The van der Waals surface area contributed by atoms with E-state index in [9.17, 15) is 9.90 Å². The summed E-state index contributed by atoms with van der Waals surface area (Å²) in [5.74, 6) is -0.393. The van der Waals surface area contributed by atoms with Gasteiger partial charge in [0.25, 0.3) is 0 Å². The topological polar surface area (TPSA) is 70.4 Å². The highest BCUT2D eigenvalue weighted by atomic mass is 35.5. The van der Waals surface area contributed by atoms with Crippen LogP contribution in [0.15, 0.2) is 12.4 Å². The maximum atomic E-state index is 12.0. The van der Waals surface area contributed by atoms with Crippen LogP contribution in [0, 0.1) is 5.92 Å². The van der Waals surface area contributed by atoms with Crippen LogP contribution in [-0.4, -0.2) is 58.5 Å². The molecular weight excluding hydrogens is 280 g/mol. The van der Waals surface area contributed by atoms with Crippen LogP contribution in [0.5, 0.6) is 0 Å². The van der Waals surface area contributed by atoms with Crippen molar-refractivity contribution < 1.29 is 9.90 Å². The van der Waals surface area contributed by atoms with E-state index in [1.54, 1.807) is 17.1 Å². The van der Waals surface area contributed by atoms with Gasteiger partial charge in [-0.1, -0.05) is 11.6 Å². The second kappa shape index (κ2) is 7.06. The minimum Gasteiger partial charge on any atom is -0.392 e. The second-order valence-electron chi connectivity index (χ2n) is 5.29. The number of nitrogens with one attached hydrogen (secondary N) is 1. The molecule has 6 nitrogen and oxygen atoms in total. The van der Waals surface area contributed by atoms with E-state index in [4.69, 9.17) is 11.6 Å². The van der Waals surface area contributed by atoms with Crippen molar-refractivity contribution in [3.8, 4) is 0 Å². The first-order valence-electron chi connectivity index (χ1n) is 6.88. The number of carbonyl (C=O) groups is 1. The number of rotatable bonds is 5. The summed E-state index contributed by atoms with van der Waals surface area (Å²) in [7, 11) is 1.97. The molecule has 2 atom stereocenters. The first kappa shape index (κ1) is 15.3. The van der Waals surface area contributed by atoms with Gasteiger partial charge in [-0.05, 0) is 19.9 Å². The Kier molecular flexibility index (Phi) is 5.39. The number of hydrogen-bond donors (Lipinski definition) is 2. The van der Waals surface area contributed by atoms with Crippen molar-refractivity contribution in [3.05, 3.63) is 17.4 Å². The van der Waals surface area contributed by atoms with E-state index in [0.717, 1.165) is 13.0 Å². The highest BCUT2D eigenvalue weighted by Gasteiger charge is 2.31. The summed E-state index contributed by atoms with van der Waals surface area (Å²) >= 11 is 5.77. The van der Waals surface area contributed by atoms with Gasteiger partial charge in [0.15, 0.2) is 0 Å². The molecule has 1 fully saturated rings. The van der Waals surface area contributed by atoms with Crippen LogP contribution in [0.4, 0.5) is 0 Å². The smallest absolute Gasteiger partial charge is 0.227 e. The van der Waals surface area contributed by atoms with E-state index in [2.05, 4.69) is 15.3 Å². The number of nitrogens with zero attached hydrogens (tertiary/aromatic N) is 3. The van der Waals surface area contributed by atoms with Crippen molar-refractivity contribution in [2.75, 3.05) is 26.7 Å². The minimum atomic E-state index is -0.531. The van der Waals surface area contributed by atoms with Gasteiger partial charge < -0.3 is 15.3 Å². The minimum absolute atomic E-state index is 0.0671. The zero-order valence-corrected chi connectivity index (χ0v) is 12.4. The lowest BCUT2D eigenvalue weighted by Crippen LogP contribution is -2.48. The molecule has 20 heavy (non-hydrogen) atoms. The summed E-state index contributed by atoms with van der Waals surface area (Å²) in [6.07, 6.45) is 4.25. The number of aliphatic hydroxyl groups excluding tert-OH is 1. The Morgan fingerprint density at radius 2 is 2.45 bits per heavy atom. The van der Waals surface area contributed by atoms with Gasteiger partial charge in [0, 0.05) is 32.4 Å². The van der Waals surface area contributed by atoms with E-state index in [0.29, 0.717) is 31.1 Å². The molecule has 2 rings (SSSR count). The van der Waals surface area contributed by atoms with E-state index in [1.165, 1.54) is 0 Å². The molecule has 1 amide bonds. The van der Waals surface area contributed by atoms with E-state index in [-0.39, 0.29) is 11.8 Å². The van der Waals surface area contributed by atoms with Gasteiger partial charge in [0.05, 0.1) is 23.2 Å². The van der Waals surface area contributed by atoms with E-state index >= 15 is 0 Å². The maximum absolute atomic E-state index is 12.0. The molecule has 1 aromatic heterocycles. The fourth-order valence-electron chi connectivity index (χ4n) is 2.40. The molecule has 1 aliphatic rings. The van der Waals surface area contributed by atoms with Crippen LogP contribution < -0.4 is 5.32 Å². The molecule has 2 N–H and O–H groups in total. The summed E-state index contributed by atoms with van der Waals surface area (Å²) in [6.45, 7) is 2.73. The lowest BCUT2D eigenvalue weighted by molar-refractivity contribution is -0.131. The number of piperidine rings is 1. The maximum Gasteiger partial charge on any atom is 0.227 e. The monoisotopic (exact) mass is 300 g/mol. The van der Waals surface area contributed by atoms with Crippen LogP contribution >= 0.6 is 11.6 Å². The lowest BCUT2D eigenvalue weighted by atomic mass is 9.94. The van der Waals surface area contributed by atoms with Crippen molar-refractivity contribution in [1.82, 2.24) is 20.0 Å². The Balaban J connectivity index is 1.69. The SMILES string of the molecule is CN1CC[C@@H](O)[C@H](C(=O)NCCCn2cc(Cl)cn2)C1. The summed E-state index contributed by atoms with van der Waals surface area (Å²) in [5, 5.41) is 17.4. The fraction of sp³-hybridized carbons (Fsp3) is 0.692. The number of hydrogen-bond acceptors (Lipinski definition) is 4. The van der Waals surface area contributed by atoms with Crippen molar-refractivity contribution in [1.29, 1.82) is 0 Å². The lowest BCUT2D eigenvalue weighted by Gasteiger charge is -2.32. The third kappa shape index (κ3) is 4.19. The summed E-state index contributed by atoms with van der Waals surface area (Å²) < 4.78 is 1.75. The number of likely N-dealkylation sites (tertiary alicyclic amines) is 1. The molecular formula is C13H21ClN4O2. The van der Waals surface area contributed by atoms with Crippen LogP contribution in [0.3, 0.4) is 0 Å². The predicted octanol–water partition coefficient (Wildman–Crippen LogP) is 0.355. The standard InChI is InChI=1S/C13H21ClN4O2/c1-17-6-3-12(19)11(9-17)13(20)15-4-2-5-18-8-10(14)7-16-18/h7-8,11-12,19H,2-6,9H2,1H3,(H,15,20)/t11-,12-/m1/s1. The molecule has 7 heteroatoms. The second-order valence-corrected chi connectivity index (χ2v) is 5.73. The van der Waals surface area contributed by atoms with Crippen LogP contribution in [-0.2, 0) is 11.3 Å². The van der Waals surface area contributed by atoms with Crippen molar-refractivity contribution in [2.24, 2.45) is 5.92 Å². The molecule has 0 unspecified atom stereocenters. The molecule has 1 aromatic rings. The van der Waals surface area contributed by atoms with Crippen molar-refractivity contribution >= 4 is 17.5 Å². The number of carbonyl (C=O) groups excluding carboxylic acids is 1. The highest BCUT2D eigenvalue weighted by Crippen LogP contribution is 2.16. The van der Waals surface area contributed by atoms with Gasteiger partial charge in [0.1, 0.15) is 0 Å². The number of aryl methyl sites for hydroxylation is 1. The molecule has 0 spiro atoms. The van der Waals surface area contributed by atoms with Crippen LogP contribution in [0.1, 0.15) is 12.8 Å². The van der Waals surface area contributed by atoms with E-state index < -0.39 is 6.10 Å². The van der Waals surface area contributed by atoms with Crippen LogP contribution in [0.2, 0.25) is 5.02 Å². The predicted molar refractivity (Wildman–Crippen MR) is 76.5 cm³/mol. The summed E-state index contributed by atoms with van der Waals surface area (Å²) in [5.41, 5.74) is 0. The first-order chi connectivity index (χ1) is 9.56. The Morgan fingerprint density at radius 3 is 3.15 bits per heavy atom. The molecule has 0 aromatic carbocycles. The molecule has 112 valence electrons. The van der Waals surface area contributed by atoms with Gasteiger partial charge in [0.2, 0.25) is 5.91 Å². The largest absolute Gasteiger partial charge is 0.392 e. The molecule has 0 bridgehead atoms. The van der Waals surface area contributed by atoms with Gasteiger partial charge in [-0.25, -0.2) is 0 Å². The number of aromatic nitrogens is 2. The highest BCUT2D eigenvalue weighted by molar-refractivity contribution is 6.30. The van der Waals surface area contributed by atoms with Gasteiger partial charge >= 0.3 is 0 Å². The van der Waals surface area contributed by atoms with Crippen LogP contribution in [0.25, 0.3) is 0 Å². The Morgan fingerprint density at radius 1 is 1.65 bits per heavy atom. The zero-order chi connectivity index (χ0) is 14.5. The molecule has 0 radical (unpaired) electrons. The molecule has 1 aliphatic heterocycles. The van der Waals surface area contributed by atoms with Crippen molar-refractivity contribution in [2.45, 2.75) is 25.5 Å². The number of amides is 1. The van der Waals surface area contributed by atoms with Gasteiger partial charge in [-0.3, -0.25) is 9.48 Å². The molecule has 0 aliphatic carbocycles. The quantitative estimate of drug-likeness (QED) is 0.770. The summed E-state index contributed by atoms with van der Waals surface area (Å²) in [4.78, 5) is 14.1. The fourth-order valence-corrected chi connectivity index (χ4v) is 2.56. The van der Waals surface area contributed by atoms with Gasteiger partial charge in [-0.2, -0.15) is 5.10 Å².